The second kappa shape index (κ2) is 8.02. The first-order valence-corrected chi connectivity index (χ1v) is 7.46. The van der Waals surface area contributed by atoms with Crippen molar-refractivity contribution in [1.82, 2.24) is 10.6 Å². The van der Waals surface area contributed by atoms with E-state index in [0.717, 1.165) is 25.2 Å². The molecule has 110 valence electrons. The van der Waals surface area contributed by atoms with Crippen LogP contribution in [-0.4, -0.2) is 32.1 Å². The Balaban J connectivity index is 1.90. The number of hydrogen-bond acceptors (Lipinski definition) is 3. The van der Waals surface area contributed by atoms with Crippen LogP contribution in [0.1, 0.15) is 31.4 Å². The zero-order valence-corrected chi connectivity index (χ0v) is 12.1. The molecule has 2 rings (SSSR count). The highest BCUT2D eigenvalue weighted by atomic mass is 16.5. The number of carbonyl (C=O) groups is 1. The molecule has 4 nitrogen and oxygen atoms in total. The zero-order valence-electron chi connectivity index (χ0n) is 12.1. The van der Waals surface area contributed by atoms with Crippen LogP contribution >= 0.6 is 0 Å². The van der Waals surface area contributed by atoms with Gasteiger partial charge in [0, 0.05) is 13.2 Å². The summed E-state index contributed by atoms with van der Waals surface area (Å²) < 4.78 is 5.60. The van der Waals surface area contributed by atoms with Crippen molar-refractivity contribution < 1.29 is 9.53 Å². The molecule has 0 saturated carbocycles. The first kappa shape index (κ1) is 15.0. The fraction of sp³-hybridized carbons (Fsp3) is 0.562. The van der Waals surface area contributed by atoms with Crippen LogP contribution in [0.3, 0.4) is 0 Å². The van der Waals surface area contributed by atoms with Gasteiger partial charge in [-0.1, -0.05) is 30.3 Å². The Morgan fingerprint density at radius 3 is 2.90 bits per heavy atom. The van der Waals surface area contributed by atoms with Crippen LogP contribution in [-0.2, 0) is 9.53 Å². The van der Waals surface area contributed by atoms with Gasteiger partial charge in [0.2, 0.25) is 0 Å². The van der Waals surface area contributed by atoms with Crippen LogP contribution in [0.4, 0.5) is 0 Å². The van der Waals surface area contributed by atoms with Crippen LogP contribution in [0.5, 0.6) is 0 Å². The summed E-state index contributed by atoms with van der Waals surface area (Å²) in [5.74, 6) is 0.495. The summed E-state index contributed by atoms with van der Waals surface area (Å²) >= 11 is 0. The van der Waals surface area contributed by atoms with Gasteiger partial charge in [0.05, 0.1) is 0 Å². The highest BCUT2D eigenvalue weighted by Gasteiger charge is 2.22. The van der Waals surface area contributed by atoms with Crippen molar-refractivity contribution >= 4 is 5.91 Å². The van der Waals surface area contributed by atoms with Crippen molar-refractivity contribution in [2.24, 2.45) is 5.92 Å². The Hall–Kier alpha value is -1.39. The molecule has 20 heavy (non-hydrogen) atoms. The number of hydrogen-bond donors (Lipinski definition) is 2. The minimum absolute atomic E-state index is 0.0383. The van der Waals surface area contributed by atoms with Crippen molar-refractivity contribution in [1.29, 1.82) is 0 Å². The third-order valence-electron chi connectivity index (χ3n) is 3.64. The molecule has 1 amide bonds. The third-order valence-corrected chi connectivity index (χ3v) is 3.64. The van der Waals surface area contributed by atoms with Gasteiger partial charge in [0.25, 0.3) is 5.91 Å². The van der Waals surface area contributed by atoms with E-state index >= 15 is 0 Å². The molecule has 1 aromatic rings. The Morgan fingerprint density at radius 2 is 2.25 bits per heavy atom. The topological polar surface area (TPSA) is 50.4 Å². The molecular formula is C16H24N2O2. The van der Waals surface area contributed by atoms with Gasteiger partial charge in [-0.25, -0.2) is 0 Å². The summed E-state index contributed by atoms with van der Waals surface area (Å²) in [6, 6.07) is 9.67. The maximum absolute atomic E-state index is 12.3. The number of nitrogens with one attached hydrogen (secondary N) is 2. The van der Waals surface area contributed by atoms with E-state index in [4.69, 9.17) is 4.74 Å². The van der Waals surface area contributed by atoms with Gasteiger partial charge < -0.3 is 15.4 Å². The normalized spacial score (nSPS) is 20.4. The average molecular weight is 276 g/mol. The fourth-order valence-electron chi connectivity index (χ4n) is 2.55. The molecule has 1 fully saturated rings. The Bertz CT molecular complexity index is 402. The number of amides is 1. The SMILES string of the molecule is CCOC(C(=O)NCC1CCCNC1)c1ccccc1. The molecule has 4 heteroatoms. The molecular weight excluding hydrogens is 252 g/mol. The van der Waals surface area contributed by atoms with E-state index in [2.05, 4.69) is 10.6 Å². The highest BCUT2D eigenvalue weighted by molar-refractivity contribution is 5.82. The third kappa shape index (κ3) is 4.32. The van der Waals surface area contributed by atoms with E-state index in [0.29, 0.717) is 12.5 Å². The van der Waals surface area contributed by atoms with Crippen LogP contribution in [0.2, 0.25) is 0 Å². The molecule has 1 aromatic carbocycles. The number of rotatable bonds is 6. The summed E-state index contributed by atoms with van der Waals surface area (Å²) in [4.78, 5) is 12.3. The number of ether oxygens (including phenoxy) is 1. The highest BCUT2D eigenvalue weighted by Crippen LogP contribution is 2.17. The molecule has 1 saturated heterocycles. The molecule has 1 heterocycles. The van der Waals surface area contributed by atoms with Gasteiger partial charge in [-0.15, -0.1) is 0 Å². The first-order chi connectivity index (χ1) is 9.81. The van der Waals surface area contributed by atoms with Gasteiger partial charge in [-0.3, -0.25) is 4.79 Å². The minimum atomic E-state index is -0.502. The van der Waals surface area contributed by atoms with Crippen molar-refractivity contribution in [3.05, 3.63) is 35.9 Å². The molecule has 0 aromatic heterocycles. The second-order valence-electron chi connectivity index (χ2n) is 5.20. The van der Waals surface area contributed by atoms with Gasteiger partial charge in [0.1, 0.15) is 0 Å². The predicted molar refractivity (Wildman–Crippen MR) is 79.4 cm³/mol. The van der Waals surface area contributed by atoms with Crippen LogP contribution in [0.25, 0.3) is 0 Å². The Morgan fingerprint density at radius 1 is 1.45 bits per heavy atom. The van der Waals surface area contributed by atoms with Crippen molar-refractivity contribution in [2.45, 2.75) is 25.9 Å². The molecule has 0 radical (unpaired) electrons. The standard InChI is InChI=1S/C16H24N2O2/c1-2-20-15(14-8-4-3-5-9-14)16(19)18-12-13-7-6-10-17-11-13/h3-5,8-9,13,15,17H,2,6-7,10-12H2,1H3,(H,18,19). The van der Waals surface area contributed by atoms with E-state index < -0.39 is 6.10 Å². The van der Waals surface area contributed by atoms with E-state index in [1.807, 2.05) is 37.3 Å². The van der Waals surface area contributed by atoms with Crippen molar-refractivity contribution in [3.8, 4) is 0 Å². The molecule has 2 unspecified atom stereocenters. The lowest BCUT2D eigenvalue weighted by Gasteiger charge is -2.24. The molecule has 1 aliphatic heterocycles. The largest absolute Gasteiger partial charge is 0.364 e. The number of benzene rings is 1. The minimum Gasteiger partial charge on any atom is -0.364 e. The Labute approximate surface area is 120 Å². The zero-order chi connectivity index (χ0) is 14.2. The molecule has 1 aliphatic rings. The van der Waals surface area contributed by atoms with Gasteiger partial charge in [-0.2, -0.15) is 0 Å². The summed E-state index contributed by atoms with van der Waals surface area (Å²) in [5.41, 5.74) is 0.911. The van der Waals surface area contributed by atoms with Crippen LogP contribution in [0, 0.1) is 5.92 Å². The fourth-order valence-corrected chi connectivity index (χ4v) is 2.55. The van der Waals surface area contributed by atoms with E-state index in [9.17, 15) is 4.79 Å². The van der Waals surface area contributed by atoms with E-state index in [-0.39, 0.29) is 5.91 Å². The van der Waals surface area contributed by atoms with Crippen LogP contribution in [0.15, 0.2) is 30.3 Å². The number of carbonyl (C=O) groups excluding carboxylic acids is 1. The first-order valence-electron chi connectivity index (χ1n) is 7.46. The monoisotopic (exact) mass is 276 g/mol. The van der Waals surface area contributed by atoms with E-state index in [1.54, 1.807) is 0 Å². The molecule has 2 atom stereocenters. The van der Waals surface area contributed by atoms with Gasteiger partial charge in [-0.05, 0) is 44.3 Å². The quantitative estimate of drug-likeness (QED) is 0.834. The maximum Gasteiger partial charge on any atom is 0.253 e. The lowest BCUT2D eigenvalue weighted by Crippen LogP contribution is -2.40. The summed E-state index contributed by atoms with van der Waals surface area (Å²) in [7, 11) is 0. The summed E-state index contributed by atoms with van der Waals surface area (Å²) in [6.07, 6.45) is 1.87. The second-order valence-corrected chi connectivity index (χ2v) is 5.20. The molecule has 0 spiro atoms. The lowest BCUT2D eigenvalue weighted by molar-refractivity contribution is -0.133. The predicted octanol–water partition coefficient (Wildman–Crippen LogP) is 1.88. The van der Waals surface area contributed by atoms with Crippen LogP contribution < -0.4 is 10.6 Å². The average Bonchev–Trinajstić information content (AvgIpc) is 2.52. The number of piperidine rings is 1. The Kier molecular flexibility index (Phi) is 6.02. The van der Waals surface area contributed by atoms with Crippen molar-refractivity contribution in [3.63, 3.8) is 0 Å². The lowest BCUT2D eigenvalue weighted by atomic mass is 9.99. The molecule has 2 N–H and O–H groups in total. The molecule has 0 bridgehead atoms. The van der Waals surface area contributed by atoms with Crippen molar-refractivity contribution in [2.75, 3.05) is 26.2 Å². The summed E-state index contributed by atoms with van der Waals surface area (Å²) in [6.45, 7) is 5.25. The van der Waals surface area contributed by atoms with Gasteiger partial charge >= 0.3 is 0 Å². The smallest absolute Gasteiger partial charge is 0.253 e. The summed E-state index contributed by atoms with van der Waals surface area (Å²) in [5, 5.41) is 6.39. The molecule has 0 aliphatic carbocycles. The van der Waals surface area contributed by atoms with Gasteiger partial charge in [0.15, 0.2) is 6.10 Å². The maximum atomic E-state index is 12.3. The van der Waals surface area contributed by atoms with E-state index in [1.165, 1.54) is 12.8 Å².